The lowest BCUT2D eigenvalue weighted by Gasteiger charge is -2.24. The van der Waals surface area contributed by atoms with Crippen molar-refractivity contribution in [3.63, 3.8) is 0 Å². The predicted molar refractivity (Wildman–Crippen MR) is 65.5 cm³/mol. The first kappa shape index (κ1) is 16.8. The Morgan fingerprint density at radius 1 is 1.48 bits per heavy atom. The Kier molecular flexibility index (Phi) is 5.56. The number of amides is 2. The summed E-state index contributed by atoms with van der Waals surface area (Å²) < 4.78 is 38.5. The quantitative estimate of drug-likeness (QED) is 0.818. The highest BCUT2D eigenvalue weighted by Gasteiger charge is 2.34. The molecule has 0 fully saturated rings. The van der Waals surface area contributed by atoms with E-state index in [1.807, 2.05) is 0 Å². The molecule has 0 bridgehead atoms. The summed E-state index contributed by atoms with van der Waals surface area (Å²) in [5.74, 6) is -1.52. The van der Waals surface area contributed by atoms with Gasteiger partial charge in [-0.25, -0.2) is 4.79 Å². The van der Waals surface area contributed by atoms with E-state index in [9.17, 15) is 22.8 Å². The Labute approximate surface area is 118 Å². The first-order valence-electron chi connectivity index (χ1n) is 5.99. The number of nitrogens with zero attached hydrogens (tertiary/aromatic N) is 3. The minimum absolute atomic E-state index is 0.196. The molecule has 118 valence electrons. The van der Waals surface area contributed by atoms with E-state index in [1.165, 1.54) is 10.9 Å². The number of carboxylic acids is 1. The van der Waals surface area contributed by atoms with Crippen molar-refractivity contribution in [1.29, 1.82) is 0 Å². The van der Waals surface area contributed by atoms with Gasteiger partial charge in [0.05, 0.1) is 6.54 Å². The summed E-state index contributed by atoms with van der Waals surface area (Å²) in [4.78, 5) is 22.5. The molecule has 0 aliphatic rings. The van der Waals surface area contributed by atoms with Gasteiger partial charge in [-0.15, -0.1) is 0 Å². The third kappa shape index (κ3) is 6.63. The molecule has 0 saturated heterocycles. The molecule has 1 aromatic heterocycles. The van der Waals surface area contributed by atoms with Gasteiger partial charge in [-0.1, -0.05) is 0 Å². The Balaban J connectivity index is 2.60. The SMILES string of the molecule is CC(Cn1cccn1)NC(=O)N(CC(=O)O)CC(F)(F)F. The minimum atomic E-state index is -4.67. The van der Waals surface area contributed by atoms with Crippen molar-refractivity contribution in [2.75, 3.05) is 13.1 Å². The van der Waals surface area contributed by atoms with Crippen molar-refractivity contribution in [1.82, 2.24) is 20.0 Å². The number of urea groups is 1. The minimum Gasteiger partial charge on any atom is -0.480 e. The van der Waals surface area contributed by atoms with E-state index < -0.39 is 37.3 Å². The maximum Gasteiger partial charge on any atom is 0.406 e. The molecular formula is C11H15F3N4O3. The lowest BCUT2D eigenvalue weighted by Crippen LogP contribution is -2.50. The molecule has 1 aromatic rings. The molecule has 2 amide bonds. The largest absolute Gasteiger partial charge is 0.480 e. The van der Waals surface area contributed by atoms with Crippen LogP contribution in [0.25, 0.3) is 0 Å². The van der Waals surface area contributed by atoms with E-state index >= 15 is 0 Å². The van der Waals surface area contributed by atoms with E-state index in [-0.39, 0.29) is 11.4 Å². The third-order valence-corrected chi connectivity index (χ3v) is 2.37. The number of carbonyl (C=O) groups excluding carboxylic acids is 1. The number of carboxylic acid groups (broad SMARTS) is 1. The van der Waals surface area contributed by atoms with Crippen LogP contribution in [0.15, 0.2) is 18.5 Å². The van der Waals surface area contributed by atoms with Gasteiger partial charge in [0.25, 0.3) is 0 Å². The molecule has 1 unspecified atom stereocenters. The molecule has 0 radical (unpaired) electrons. The number of hydrogen-bond acceptors (Lipinski definition) is 3. The Morgan fingerprint density at radius 3 is 2.62 bits per heavy atom. The van der Waals surface area contributed by atoms with E-state index in [2.05, 4.69) is 10.4 Å². The Bertz CT molecular complexity index is 476. The van der Waals surface area contributed by atoms with Crippen molar-refractivity contribution in [2.45, 2.75) is 25.7 Å². The highest BCUT2D eigenvalue weighted by molar-refractivity contribution is 5.80. The zero-order valence-corrected chi connectivity index (χ0v) is 11.2. The van der Waals surface area contributed by atoms with Crippen molar-refractivity contribution < 1.29 is 27.9 Å². The van der Waals surface area contributed by atoms with Gasteiger partial charge >= 0.3 is 18.2 Å². The third-order valence-electron chi connectivity index (χ3n) is 2.37. The lowest BCUT2D eigenvalue weighted by atomic mass is 10.3. The molecule has 1 rings (SSSR count). The molecule has 7 nitrogen and oxygen atoms in total. The molecule has 1 heterocycles. The fourth-order valence-electron chi connectivity index (χ4n) is 1.62. The number of aromatic nitrogens is 2. The van der Waals surface area contributed by atoms with Gasteiger partial charge in [0.2, 0.25) is 0 Å². The summed E-state index contributed by atoms with van der Waals surface area (Å²) in [5, 5.41) is 14.8. The van der Waals surface area contributed by atoms with Gasteiger partial charge in [-0.2, -0.15) is 18.3 Å². The maximum absolute atomic E-state index is 12.3. The second-order valence-corrected chi connectivity index (χ2v) is 4.44. The molecule has 0 aromatic carbocycles. The van der Waals surface area contributed by atoms with Gasteiger partial charge in [0, 0.05) is 18.4 Å². The van der Waals surface area contributed by atoms with Crippen LogP contribution in [-0.4, -0.2) is 57.1 Å². The molecule has 0 aliphatic carbocycles. The van der Waals surface area contributed by atoms with Crippen LogP contribution in [0.5, 0.6) is 0 Å². The zero-order chi connectivity index (χ0) is 16.0. The molecule has 1 atom stereocenters. The fourth-order valence-corrected chi connectivity index (χ4v) is 1.62. The summed E-state index contributed by atoms with van der Waals surface area (Å²) in [7, 11) is 0. The summed E-state index contributed by atoms with van der Waals surface area (Å²) in [5.41, 5.74) is 0. The summed E-state index contributed by atoms with van der Waals surface area (Å²) in [6.07, 6.45) is -1.51. The van der Waals surface area contributed by atoms with Crippen molar-refractivity contribution in [3.8, 4) is 0 Å². The summed E-state index contributed by atoms with van der Waals surface area (Å²) in [6, 6.07) is 0.0610. The molecule has 21 heavy (non-hydrogen) atoms. The van der Waals surface area contributed by atoms with Gasteiger partial charge < -0.3 is 15.3 Å². The van der Waals surface area contributed by atoms with E-state index in [0.717, 1.165) is 0 Å². The van der Waals surface area contributed by atoms with E-state index in [1.54, 1.807) is 19.2 Å². The summed E-state index contributed by atoms with van der Waals surface area (Å²) in [6.45, 7) is -0.822. The maximum atomic E-state index is 12.3. The average molecular weight is 308 g/mol. The lowest BCUT2D eigenvalue weighted by molar-refractivity contribution is -0.149. The zero-order valence-electron chi connectivity index (χ0n) is 11.2. The van der Waals surface area contributed by atoms with Crippen LogP contribution in [0.2, 0.25) is 0 Å². The van der Waals surface area contributed by atoms with Crippen molar-refractivity contribution >= 4 is 12.0 Å². The topological polar surface area (TPSA) is 87.5 Å². The van der Waals surface area contributed by atoms with Crippen LogP contribution >= 0.6 is 0 Å². The van der Waals surface area contributed by atoms with Gasteiger partial charge in [0.15, 0.2) is 0 Å². The second kappa shape index (κ2) is 6.95. The molecule has 10 heteroatoms. The number of halogens is 3. The second-order valence-electron chi connectivity index (χ2n) is 4.44. The first-order chi connectivity index (χ1) is 9.67. The van der Waals surface area contributed by atoms with Crippen LogP contribution in [0.3, 0.4) is 0 Å². The number of hydrogen-bond donors (Lipinski definition) is 2. The smallest absolute Gasteiger partial charge is 0.406 e. The molecule has 2 N–H and O–H groups in total. The first-order valence-corrected chi connectivity index (χ1v) is 5.99. The normalized spacial score (nSPS) is 12.8. The monoisotopic (exact) mass is 308 g/mol. The predicted octanol–water partition coefficient (Wildman–Crippen LogP) is 0.930. The van der Waals surface area contributed by atoms with Crippen molar-refractivity contribution in [2.24, 2.45) is 0 Å². The van der Waals surface area contributed by atoms with Crippen LogP contribution in [0, 0.1) is 0 Å². The number of carbonyl (C=O) groups is 2. The fraction of sp³-hybridized carbons (Fsp3) is 0.545. The van der Waals surface area contributed by atoms with Crippen LogP contribution < -0.4 is 5.32 Å². The molecule has 0 saturated carbocycles. The van der Waals surface area contributed by atoms with Gasteiger partial charge in [-0.3, -0.25) is 9.48 Å². The number of aliphatic carboxylic acids is 1. The van der Waals surface area contributed by atoms with E-state index in [4.69, 9.17) is 5.11 Å². The van der Waals surface area contributed by atoms with Crippen LogP contribution in [0.4, 0.5) is 18.0 Å². The van der Waals surface area contributed by atoms with Crippen LogP contribution in [-0.2, 0) is 11.3 Å². The van der Waals surface area contributed by atoms with E-state index in [0.29, 0.717) is 0 Å². The molecule has 0 spiro atoms. The standard InChI is InChI=1S/C11H15F3N4O3/c1-8(5-18-4-2-3-15-18)16-10(21)17(6-9(19)20)7-11(12,13)14/h2-4,8H,5-7H2,1H3,(H,16,21)(H,19,20). The number of alkyl halides is 3. The van der Waals surface area contributed by atoms with Gasteiger partial charge in [-0.05, 0) is 13.0 Å². The molecule has 0 aliphatic heterocycles. The van der Waals surface area contributed by atoms with Gasteiger partial charge in [0.1, 0.15) is 13.1 Å². The molecular weight excluding hydrogens is 293 g/mol. The van der Waals surface area contributed by atoms with Crippen LogP contribution in [0.1, 0.15) is 6.92 Å². The Hall–Kier alpha value is -2.26. The average Bonchev–Trinajstić information content (AvgIpc) is 2.77. The van der Waals surface area contributed by atoms with Crippen molar-refractivity contribution in [3.05, 3.63) is 18.5 Å². The Morgan fingerprint density at radius 2 is 2.14 bits per heavy atom. The highest BCUT2D eigenvalue weighted by Crippen LogP contribution is 2.16. The number of rotatable bonds is 6. The highest BCUT2D eigenvalue weighted by atomic mass is 19.4. The summed E-state index contributed by atoms with van der Waals surface area (Å²) >= 11 is 0. The number of nitrogens with one attached hydrogen (secondary N) is 1.